The lowest BCUT2D eigenvalue weighted by Gasteiger charge is -2.28. The molecular formula is C15H23N3. The average Bonchev–Trinajstić information content (AvgIpc) is 3.12. The van der Waals surface area contributed by atoms with Crippen molar-refractivity contribution in [1.82, 2.24) is 0 Å². The Morgan fingerprint density at radius 2 is 2.17 bits per heavy atom. The minimum Gasteiger partial charge on any atom is -0.384 e. The lowest BCUT2D eigenvalue weighted by atomic mass is 10.0. The van der Waals surface area contributed by atoms with Gasteiger partial charge in [0.2, 0.25) is 0 Å². The third-order valence-electron chi connectivity index (χ3n) is 3.51. The van der Waals surface area contributed by atoms with Gasteiger partial charge in [-0.3, -0.25) is 5.41 Å². The summed E-state index contributed by atoms with van der Waals surface area (Å²) in [6, 6.07) is 6.05. The fraction of sp³-hybridized carbons (Fsp3) is 0.533. The molecule has 0 aromatic heterocycles. The summed E-state index contributed by atoms with van der Waals surface area (Å²) in [4.78, 5) is 2.42. The first-order chi connectivity index (χ1) is 8.63. The number of para-hydroxylation sites is 1. The number of rotatable bonds is 6. The summed E-state index contributed by atoms with van der Waals surface area (Å²) in [6.07, 6.45) is 3.82. The molecule has 0 heterocycles. The number of hydrogen-bond acceptors (Lipinski definition) is 2. The smallest absolute Gasteiger partial charge is 0.124 e. The van der Waals surface area contributed by atoms with Gasteiger partial charge < -0.3 is 10.6 Å². The standard InChI is InChI=1S/C15H23N3/c1-3-9-18(10-12-7-8-12)14-11(2)5-4-6-13(14)15(16)17/h4-6,12H,3,7-10H2,1-2H3,(H3,16,17). The maximum Gasteiger partial charge on any atom is 0.124 e. The van der Waals surface area contributed by atoms with Crippen molar-refractivity contribution in [2.24, 2.45) is 11.7 Å². The highest BCUT2D eigenvalue weighted by atomic mass is 15.1. The number of anilines is 1. The molecule has 3 N–H and O–H groups in total. The molecule has 1 aliphatic rings. The molecule has 3 heteroatoms. The van der Waals surface area contributed by atoms with Gasteiger partial charge in [0.1, 0.15) is 5.84 Å². The van der Waals surface area contributed by atoms with Crippen molar-refractivity contribution in [3.05, 3.63) is 29.3 Å². The first-order valence-corrected chi connectivity index (χ1v) is 6.82. The van der Waals surface area contributed by atoms with Gasteiger partial charge in [-0.05, 0) is 43.7 Å². The van der Waals surface area contributed by atoms with E-state index in [1.807, 2.05) is 12.1 Å². The Morgan fingerprint density at radius 1 is 1.44 bits per heavy atom. The Bertz CT molecular complexity index is 435. The molecule has 3 nitrogen and oxygen atoms in total. The Morgan fingerprint density at radius 3 is 2.72 bits per heavy atom. The van der Waals surface area contributed by atoms with Crippen LogP contribution in [-0.4, -0.2) is 18.9 Å². The van der Waals surface area contributed by atoms with Gasteiger partial charge >= 0.3 is 0 Å². The zero-order chi connectivity index (χ0) is 13.1. The second-order valence-corrected chi connectivity index (χ2v) is 5.27. The van der Waals surface area contributed by atoms with Crippen LogP contribution in [0, 0.1) is 18.3 Å². The molecule has 0 amide bonds. The first-order valence-electron chi connectivity index (χ1n) is 6.82. The van der Waals surface area contributed by atoms with Gasteiger partial charge in [0, 0.05) is 18.7 Å². The molecule has 1 aromatic rings. The Kier molecular flexibility index (Phi) is 3.90. The molecule has 18 heavy (non-hydrogen) atoms. The van der Waals surface area contributed by atoms with E-state index in [1.54, 1.807) is 0 Å². The number of nitrogens with zero attached hydrogens (tertiary/aromatic N) is 1. The molecule has 0 aliphatic heterocycles. The zero-order valence-corrected chi connectivity index (χ0v) is 11.4. The quantitative estimate of drug-likeness (QED) is 0.598. The Balaban J connectivity index is 2.34. The molecule has 0 unspecified atom stereocenters. The van der Waals surface area contributed by atoms with Gasteiger partial charge in [-0.25, -0.2) is 0 Å². The molecule has 0 radical (unpaired) electrons. The molecule has 1 aliphatic carbocycles. The topological polar surface area (TPSA) is 53.1 Å². The predicted molar refractivity (Wildman–Crippen MR) is 77.4 cm³/mol. The van der Waals surface area contributed by atoms with Crippen molar-refractivity contribution in [2.75, 3.05) is 18.0 Å². The predicted octanol–water partition coefficient (Wildman–Crippen LogP) is 2.91. The van der Waals surface area contributed by atoms with E-state index in [2.05, 4.69) is 24.8 Å². The van der Waals surface area contributed by atoms with Gasteiger partial charge in [-0.2, -0.15) is 0 Å². The van der Waals surface area contributed by atoms with Crippen LogP contribution >= 0.6 is 0 Å². The third kappa shape index (κ3) is 2.84. The molecule has 1 saturated carbocycles. The van der Waals surface area contributed by atoms with Crippen molar-refractivity contribution >= 4 is 11.5 Å². The SMILES string of the molecule is CCCN(CC1CC1)c1c(C)cccc1C(=N)N. The van der Waals surface area contributed by atoms with Gasteiger partial charge in [-0.15, -0.1) is 0 Å². The largest absolute Gasteiger partial charge is 0.384 e. The number of nitrogens with one attached hydrogen (secondary N) is 1. The van der Waals surface area contributed by atoms with E-state index in [0.717, 1.165) is 31.0 Å². The van der Waals surface area contributed by atoms with E-state index in [-0.39, 0.29) is 5.84 Å². The number of nitrogen functional groups attached to an aromatic ring is 1. The fourth-order valence-corrected chi connectivity index (χ4v) is 2.47. The second kappa shape index (κ2) is 5.42. The highest BCUT2D eigenvalue weighted by Gasteiger charge is 2.26. The first kappa shape index (κ1) is 12.9. The summed E-state index contributed by atoms with van der Waals surface area (Å²) in [5.74, 6) is 1.02. The minimum absolute atomic E-state index is 0.172. The van der Waals surface area contributed by atoms with Crippen LogP contribution < -0.4 is 10.6 Å². The molecule has 0 atom stereocenters. The van der Waals surface area contributed by atoms with Gasteiger partial charge in [0.15, 0.2) is 0 Å². The Hall–Kier alpha value is -1.51. The number of nitrogens with two attached hydrogens (primary N) is 1. The van der Waals surface area contributed by atoms with Crippen LogP contribution in [0.4, 0.5) is 5.69 Å². The molecule has 0 spiro atoms. The molecular weight excluding hydrogens is 222 g/mol. The maximum absolute atomic E-state index is 7.75. The summed E-state index contributed by atoms with van der Waals surface area (Å²) >= 11 is 0. The van der Waals surface area contributed by atoms with Crippen LogP contribution in [0.5, 0.6) is 0 Å². The van der Waals surface area contributed by atoms with Crippen LogP contribution in [0.2, 0.25) is 0 Å². The van der Waals surface area contributed by atoms with E-state index in [9.17, 15) is 0 Å². The highest BCUT2D eigenvalue weighted by molar-refractivity contribution is 6.01. The normalized spacial score (nSPS) is 14.6. The van der Waals surface area contributed by atoms with Crippen LogP contribution in [0.15, 0.2) is 18.2 Å². The highest BCUT2D eigenvalue weighted by Crippen LogP contribution is 2.33. The summed E-state index contributed by atoms with van der Waals surface area (Å²) in [5.41, 5.74) is 8.98. The maximum atomic E-state index is 7.75. The number of amidine groups is 1. The summed E-state index contributed by atoms with van der Waals surface area (Å²) in [7, 11) is 0. The van der Waals surface area contributed by atoms with Gasteiger partial charge in [-0.1, -0.05) is 19.1 Å². The molecule has 1 aromatic carbocycles. The molecule has 0 bridgehead atoms. The van der Waals surface area contributed by atoms with E-state index in [0.29, 0.717) is 0 Å². The second-order valence-electron chi connectivity index (χ2n) is 5.27. The summed E-state index contributed by atoms with van der Waals surface area (Å²) < 4.78 is 0. The van der Waals surface area contributed by atoms with Crippen LogP contribution in [0.3, 0.4) is 0 Å². The Labute approximate surface area is 109 Å². The van der Waals surface area contributed by atoms with E-state index in [4.69, 9.17) is 11.1 Å². The summed E-state index contributed by atoms with van der Waals surface area (Å²) in [5, 5.41) is 7.75. The third-order valence-corrected chi connectivity index (χ3v) is 3.51. The number of benzene rings is 1. The van der Waals surface area contributed by atoms with Crippen LogP contribution in [0.1, 0.15) is 37.3 Å². The summed E-state index contributed by atoms with van der Waals surface area (Å²) in [6.45, 7) is 6.46. The van der Waals surface area contributed by atoms with Gasteiger partial charge in [0.05, 0.1) is 5.69 Å². The van der Waals surface area contributed by atoms with E-state index in [1.165, 1.54) is 24.1 Å². The lowest BCUT2D eigenvalue weighted by Crippen LogP contribution is -2.30. The van der Waals surface area contributed by atoms with Crippen molar-refractivity contribution in [3.63, 3.8) is 0 Å². The van der Waals surface area contributed by atoms with Crippen molar-refractivity contribution < 1.29 is 0 Å². The molecule has 2 rings (SSSR count). The monoisotopic (exact) mass is 245 g/mol. The van der Waals surface area contributed by atoms with Crippen molar-refractivity contribution in [3.8, 4) is 0 Å². The molecule has 0 saturated heterocycles. The van der Waals surface area contributed by atoms with E-state index >= 15 is 0 Å². The van der Waals surface area contributed by atoms with Crippen LogP contribution in [0.25, 0.3) is 0 Å². The molecule has 1 fully saturated rings. The van der Waals surface area contributed by atoms with Crippen LogP contribution in [-0.2, 0) is 0 Å². The number of aryl methyl sites for hydroxylation is 1. The fourth-order valence-electron chi connectivity index (χ4n) is 2.47. The van der Waals surface area contributed by atoms with Gasteiger partial charge in [0.25, 0.3) is 0 Å². The lowest BCUT2D eigenvalue weighted by molar-refractivity contribution is 0.706. The average molecular weight is 245 g/mol. The number of hydrogen-bond donors (Lipinski definition) is 2. The van der Waals surface area contributed by atoms with Crippen molar-refractivity contribution in [1.29, 1.82) is 5.41 Å². The molecule has 98 valence electrons. The minimum atomic E-state index is 0.172. The zero-order valence-electron chi connectivity index (χ0n) is 11.4. The van der Waals surface area contributed by atoms with Crippen molar-refractivity contribution in [2.45, 2.75) is 33.1 Å². The van der Waals surface area contributed by atoms with E-state index < -0.39 is 0 Å².